The second kappa shape index (κ2) is 5.95. The Bertz CT molecular complexity index is 319. The van der Waals surface area contributed by atoms with Crippen LogP contribution in [0, 0.1) is 0 Å². The Hall–Kier alpha value is -0.650. The van der Waals surface area contributed by atoms with E-state index in [2.05, 4.69) is 0 Å². The zero-order chi connectivity index (χ0) is 10.4. The van der Waals surface area contributed by atoms with Crippen LogP contribution in [0.4, 0.5) is 0 Å². The molecule has 0 aromatic heterocycles. The molecule has 0 radical (unpaired) electrons. The molecule has 0 saturated carbocycles. The Balaban J connectivity index is 2.40. The molecule has 0 unspecified atom stereocenters. The molecule has 0 N–H and O–H groups in total. The van der Waals surface area contributed by atoms with Gasteiger partial charge in [0.15, 0.2) is 0 Å². The molecule has 1 aromatic carbocycles. The second-order valence-electron chi connectivity index (χ2n) is 2.95. The maximum atomic E-state index is 11.6. The molecule has 3 heteroatoms. The van der Waals surface area contributed by atoms with E-state index in [4.69, 9.17) is 0 Å². The quantitative estimate of drug-likeness (QED) is 0.779. The van der Waals surface area contributed by atoms with Crippen molar-refractivity contribution < 1.29 is 9.59 Å². The van der Waals surface area contributed by atoms with Crippen LogP contribution < -0.4 is 0 Å². The zero-order valence-corrected chi connectivity index (χ0v) is 10.4. The third kappa shape index (κ3) is 4.04. The van der Waals surface area contributed by atoms with Crippen LogP contribution in [0.3, 0.4) is 0 Å². The van der Waals surface area contributed by atoms with Gasteiger partial charge in [0.1, 0.15) is 0 Å². The summed E-state index contributed by atoms with van der Waals surface area (Å²) < 4.78 is 1.03. The summed E-state index contributed by atoms with van der Waals surface area (Å²) in [6, 6.07) is 9.30. The fourth-order valence-electron chi connectivity index (χ4n) is 0.945. The summed E-state index contributed by atoms with van der Waals surface area (Å²) in [6.45, 7) is 1.57. The first-order valence-electron chi connectivity index (χ1n) is 4.42. The molecule has 0 fully saturated rings. The van der Waals surface area contributed by atoms with Crippen LogP contribution in [0.25, 0.3) is 0 Å². The predicted molar refractivity (Wildman–Crippen MR) is 56.6 cm³/mol. The Morgan fingerprint density at radius 1 is 1.21 bits per heavy atom. The monoisotopic (exact) mass is 306 g/mol. The van der Waals surface area contributed by atoms with Crippen molar-refractivity contribution in [3.8, 4) is 0 Å². The van der Waals surface area contributed by atoms with E-state index >= 15 is 0 Å². The summed E-state index contributed by atoms with van der Waals surface area (Å²) in [5, 5.41) is 0. The minimum atomic E-state index is -0.687. The van der Waals surface area contributed by atoms with Crippen molar-refractivity contribution in [1.29, 1.82) is 0 Å². The van der Waals surface area contributed by atoms with Crippen LogP contribution in [0.1, 0.15) is 23.7 Å². The van der Waals surface area contributed by atoms with Crippen molar-refractivity contribution in [1.82, 2.24) is 0 Å². The van der Waals surface area contributed by atoms with Crippen LogP contribution in [-0.4, -0.2) is 30.5 Å². The van der Waals surface area contributed by atoms with Crippen molar-refractivity contribution in [3.63, 3.8) is 0 Å². The van der Waals surface area contributed by atoms with E-state index in [0.717, 1.165) is 10.0 Å². The van der Waals surface area contributed by atoms with Crippen molar-refractivity contribution in [2.75, 3.05) is 0 Å². The van der Waals surface area contributed by atoms with E-state index in [1.165, 1.54) is 0 Å². The molecule has 0 aliphatic heterocycles. The Kier molecular flexibility index (Phi) is 4.86. The molecular formula is C11H12O2Te. The average Bonchev–Trinajstić information content (AvgIpc) is 2.18. The summed E-state index contributed by atoms with van der Waals surface area (Å²) in [4.78, 5) is 22.2. The van der Waals surface area contributed by atoms with Crippen LogP contribution in [0.2, 0.25) is 4.47 Å². The summed E-state index contributed by atoms with van der Waals surface area (Å²) >= 11 is -0.687. The van der Waals surface area contributed by atoms with E-state index in [1.54, 1.807) is 6.92 Å². The standard InChI is InChI=1S/C11H12O2Te/c1-9(12)7-8-14-11(13)10-5-3-2-4-6-10/h2-6H,7-8H2,1H3. The van der Waals surface area contributed by atoms with Crippen molar-refractivity contribution >= 4 is 30.5 Å². The van der Waals surface area contributed by atoms with Gasteiger partial charge in [-0.15, -0.1) is 0 Å². The molecule has 1 rings (SSSR count). The van der Waals surface area contributed by atoms with Gasteiger partial charge in [-0.05, 0) is 0 Å². The molecule has 74 valence electrons. The SMILES string of the molecule is CC(=O)CC[Te]C(=O)c1ccccc1. The van der Waals surface area contributed by atoms with E-state index in [9.17, 15) is 9.59 Å². The van der Waals surface area contributed by atoms with Gasteiger partial charge in [0.25, 0.3) is 0 Å². The summed E-state index contributed by atoms with van der Waals surface area (Å²) in [5.74, 6) is 0.177. The molecule has 0 spiro atoms. The van der Waals surface area contributed by atoms with Crippen molar-refractivity contribution in [2.45, 2.75) is 17.8 Å². The fraction of sp³-hybridized carbons (Fsp3) is 0.273. The second-order valence-corrected chi connectivity index (χ2v) is 6.00. The first kappa shape index (κ1) is 11.4. The van der Waals surface area contributed by atoms with Gasteiger partial charge < -0.3 is 0 Å². The molecule has 0 saturated heterocycles. The van der Waals surface area contributed by atoms with Gasteiger partial charge >= 0.3 is 93.8 Å². The Morgan fingerprint density at radius 3 is 2.43 bits per heavy atom. The Labute approximate surface area is 93.8 Å². The number of ketones is 1. The van der Waals surface area contributed by atoms with Crippen molar-refractivity contribution in [2.24, 2.45) is 0 Å². The van der Waals surface area contributed by atoms with Crippen molar-refractivity contribution in [3.05, 3.63) is 35.9 Å². The third-order valence-electron chi connectivity index (χ3n) is 1.70. The van der Waals surface area contributed by atoms with Crippen LogP contribution in [0.5, 0.6) is 0 Å². The minimum absolute atomic E-state index is 0.177. The molecule has 0 heterocycles. The first-order valence-corrected chi connectivity index (χ1v) is 7.23. The number of hydrogen-bond donors (Lipinski definition) is 0. The van der Waals surface area contributed by atoms with E-state index in [0.29, 0.717) is 6.42 Å². The molecular weight excluding hydrogens is 292 g/mol. The van der Waals surface area contributed by atoms with Crippen LogP contribution in [-0.2, 0) is 4.79 Å². The third-order valence-corrected chi connectivity index (χ3v) is 4.28. The summed E-state index contributed by atoms with van der Waals surface area (Å²) in [6.07, 6.45) is 0.556. The molecule has 0 atom stereocenters. The normalized spacial score (nSPS) is 9.79. The van der Waals surface area contributed by atoms with Gasteiger partial charge in [0.2, 0.25) is 0 Å². The Morgan fingerprint density at radius 2 is 1.86 bits per heavy atom. The summed E-state index contributed by atoms with van der Waals surface area (Å²) in [7, 11) is 0. The molecule has 0 amide bonds. The first-order chi connectivity index (χ1) is 6.70. The molecule has 1 aromatic rings. The van der Waals surface area contributed by atoms with Gasteiger partial charge in [-0.25, -0.2) is 0 Å². The molecule has 0 aliphatic carbocycles. The number of carbonyl (C=O) groups excluding carboxylic acids is 2. The summed E-state index contributed by atoms with van der Waals surface area (Å²) in [5.41, 5.74) is 0.790. The van der Waals surface area contributed by atoms with E-state index < -0.39 is 20.9 Å². The number of Topliss-reactive ketones (excluding diaryl/α,β-unsaturated/α-hetero) is 1. The number of hydrogen-bond acceptors (Lipinski definition) is 2. The van der Waals surface area contributed by atoms with Gasteiger partial charge in [0, 0.05) is 0 Å². The van der Waals surface area contributed by atoms with Gasteiger partial charge in [-0.3, -0.25) is 0 Å². The number of carbonyl (C=O) groups is 2. The van der Waals surface area contributed by atoms with Gasteiger partial charge in [0.05, 0.1) is 0 Å². The molecule has 14 heavy (non-hydrogen) atoms. The molecule has 0 bridgehead atoms. The van der Waals surface area contributed by atoms with Crippen LogP contribution in [0.15, 0.2) is 30.3 Å². The van der Waals surface area contributed by atoms with Gasteiger partial charge in [-0.2, -0.15) is 0 Å². The topological polar surface area (TPSA) is 34.1 Å². The molecule has 2 nitrogen and oxygen atoms in total. The molecule has 0 aliphatic rings. The number of benzene rings is 1. The average molecular weight is 304 g/mol. The zero-order valence-electron chi connectivity index (χ0n) is 8.03. The van der Waals surface area contributed by atoms with Gasteiger partial charge in [-0.1, -0.05) is 0 Å². The van der Waals surface area contributed by atoms with E-state index in [1.807, 2.05) is 30.3 Å². The van der Waals surface area contributed by atoms with Crippen LogP contribution >= 0.6 is 0 Å². The number of rotatable bonds is 5. The van der Waals surface area contributed by atoms with E-state index in [-0.39, 0.29) is 9.61 Å². The fourth-order valence-corrected chi connectivity index (χ4v) is 3.45. The maximum absolute atomic E-state index is 11.6. The predicted octanol–water partition coefficient (Wildman–Crippen LogP) is 1.93.